The topological polar surface area (TPSA) is 80.3 Å². The zero-order valence-electron chi connectivity index (χ0n) is 17.9. The van der Waals surface area contributed by atoms with Crippen molar-refractivity contribution in [1.29, 1.82) is 0 Å². The Kier molecular flexibility index (Phi) is 5.61. The quantitative estimate of drug-likeness (QED) is 0.592. The number of para-hydroxylation sites is 1. The Bertz CT molecular complexity index is 1170. The number of carbonyl (C=O) groups excluding carboxylic acids is 2. The van der Waals surface area contributed by atoms with Crippen LogP contribution in [0.2, 0.25) is 0 Å². The number of hydrogen-bond acceptors (Lipinski definition) is 6. The lowest BCUT2D eigenvalue weighted by Crippen LogP contribution is -2.43. The second-order valence-electron chi connectivity index (χ2n) is 8.47. The van der Waals surface area contributed by atoms with Crippen LogP contribution in [0.1, 0.15) is 29.7 Å². The number of nitrogens with zero attached hydrogens (tertiary/aromatic N) is 1. The van der Waals surface area contributed by atoms with Gasteiger partial charge in [0.2, 0.25) is 5.91 Å². The van der Waals surface area contributed by atoms with Crippen LogP contribution in [0, 0.1) is 6.92 Å². The van der Waals surface area contributed by atoms with Gasteiger partial charge in [0, 0.05) is 5.39 Å². The van der Waals surface area contributed by atoms with Gasteiger partial charge in [-0.05, 0) is 68.1 Å². The summed E-state index contributed by atoms with van der Waals surface area (Å²) < 4.78 is 6.22. The van der Waals surface area contributed by atoms with Gasteiger partial charge >= 0.3 is 0 Å². The van der Waals surface area contributed by atoms with Crippen LogP contribution in [0.15, 0.2) is 54.6 Å². The van der Waals surface area contributed by atoms with Crippen LogP contribution in [0.3, 0.4) is 0 Å². The summed E-state index contributed by atoms with van der Waals surface area (Å²) in [5, 5.41) is 6.53. The van der Waals surface area contributed by atoms with Gasteiger partial charge in [0.05, 0.1) is 22.0 Å². The number of aromatic nitrogens is 1. The zero-order chi connectivity index (χ0) is 22.1. The summed E-state index contributed by atoms with van der Waals surface area (Å²) in [4.78, 5) is 28.1. The van der Waals surface area contributed by atoms with E-state index in [0.29, 0.717) is 13.0 Å². The third-order valence-corrected chi connectivity index (χ3v) is 7.24. The van der Waals surface area contributed by atoms with Gasteiger partial charge in [-0.2, -0.15) is 0 Å². The number of carbonyl (C=O) groups is 2. The fourth-order valence-corrected chi connectivity index (χ4v) is 5.35. The molecule has 1 aromatic heterocycles. The zero-order valence-corrected chi connectivity index (χ0v) is 18.7. The van der Waals surface area contributed by atoms with Gasteiger partial charge in [-0.15, -0.1) is 0 Å². The number of thioether (sulfide) groups is 1. The SMILES string of the molecule is Cc1cc([C@@]2(COc3ccc(CC4SC(=O)NC4=O)cc3)CCCN2)nc2ccccc12. The molecule has 7 heteroatoms. The maximum absolute atomic E-state index is 11.8. The van der Waals surface area contributed by atoms with Gasteiger partial charge in [0.25, 0.3) is 5.24 Å². The first-order valence-electron chi connectivity index (χ1n) is 10.9. The predicted molar refractivity (Wildman–Crippen MR) is 126 cm³/mol. The molecule has 0 bridgehead atoms. The second kappa shape index (κ2) is 8.56. The van der Waals surface area contributed by atoms with Crippen molar-refractivity contribution < 1.29 is 14.3 Å². The Balaban J connectivity index is 1.31. The van der Waals surface area contributed by atoms with Crippen LogP contribution in [-0.4, -0.2) is 34.5 Å². The Morgan fingerprint density at radius 1 is 1.16 bits per heavy atom. The second-order valence-corrected chi connectivity index (χ2v) is 9.65. The van der Waals surface area contributed by atoms with E-state index in [2.05, 4.69) is 35.8 Å². The first-order valence-corrected chi connectivity index (χ1v) is 11.8. The molecule has 0 radical (unpaired) electrons. The molecule has 2 atom stereocenters. The minimum absolute atomic E-state index is 0.215. The molecule has 5 rings (SSSR count). The van der Waals surface area contributed by atoms with E-state index in [9.17, 15) is 9.59 Å². The summed E-state index contributed by atoms with van der Waals surface area (Å²) in [5.41, 5.74) is 3.94. The minimum atomic E-state index is -0.359. The van der Waals surface area contributed by atoms with Crippen LogP contribution < -0.4 is 15.4 Å². The fraction of sp³-hybridized carbons (Fsp3) is 0.320. The maximum Gasteiger partial charge on any atom is 0.286 e. The van der Waals surface area contributed by atoms with Gasteiger partial charge < -0.3 is 10.1 Å². The molecule has 2 N–H and O–H groups in total. The van der Waals surface area contributed by atoms with Crippen molar-refractivity contribution in [3.63, 3.8) is 0 Å². The van der Waals surface area contributed by atoms with Crippen molar-refractivity contribution in [3.8, 4) is 5.75 Å². The van der Waals surface area contributed by atoms with Crippen molar-refractivity contribution in [2.24, 2.45) is 0 Å². The molecule has 164 valence electrons. The van der Waals surface area contributed by atoms with E-state index in [0.717, 1.165) is 53.7 Å². The van der Waals surface area contributed by atoms with E-state index in [1.807, 2.05) is 36.4 Å². The smallest absolute Gasteiger partial charge is 0.286 e. The summed E-state index contributed by atoms with van der Waals surface area (Å²) in [5.74, 6) is 0.562. The molecule has 0 spiro atoms. The molecule has 0 aliphatic carbocycles. The number of hydrogen-bond donors (Lipinski definition) is 2. The number of rotatable bonds is 6. The third kappa shape index (κ3) is 4.10. The molecule has 2 aliphatic heterocycles. The number of amides is 2. The van der Waals surface area contributed by atoms with Gasteiger partial charge in [0.15, 0.2) is 0 Å². The van der Waals surface area contributed by atoms with Gasteiger partial charge in [-0.3, -0.25) is 19.9 Å². The fourth-order valence-electron chi connectivity index (χ4n) is 4.49. The van der Waals surface area contributed by atoms with Crippen LogP contribution in [0.5, 0.6) is 5.75 Å². The van der Waals surface area contributed by atoms with E-state index < -0.39 is 0 Å². The normalized spacial score (nSPS) is 23.0. The summed E-state index contributed by atoms with van der Waals surface area (Å²) in [7, 11) is 0. The number of pyridine rings is 1. The van der Waals surface area contributed by atoms with Crippen LogP contribution in [0.25, 0.3) is 10.9 Å². The highest BCUT2D eigenvalue weighted by Crippen LogP contribution is 2.33. The van der Waals surface area contributed by atoms with Crippen LogP contribution >= 0.6 is 11.8 Å². The lowest BCUT2D eigenvalue weighted by atomic mass is 9.91. The van der Waals surface area contributed by atoms with Gasteiger partial charge in [0.1, 0.15) is 12.4 Å². The van der Waals surface area contributed by atoms with Crippen molar-refractivity contribution in [2.45, 2.75) is 37.0 Å². The molecule has 2 fully saturated rings. The van der Waals surface area contributed by atoms with Gasteiger partial charge in [-0.25, -0.2) is 0 Å². The van der Waals surface area contributed by atoms with E-state index >= 15 is 0 Å². The average Bonchev–Trinajstić information content (AvgIpc) is 3.40. The lowest BCUT2D eigenvalue weighted by molar-refractivity contribution is -0.118. The van der Waals surface area contributed by atoms with E-state index in [1.54, 1.807) is 0 Å². The molecule has 3 heterocycles. The van der Waals surface area contributed by atoms with Crippen molar-refractivity contribution in [1.82, 2.24) is 15.6 Å². The van der Waals surface area contributed by atoms with E-state index in [4.69, 9.17) is 9.72 Å². The number of benzene rings is 2. The number of aryl methyl sites for hydroxylation is 1. The summed E-state index contributed by atoms with van der Waals surface area (Å²) >= 11 is 1.05. The standard InChI is InChI=1S/C25H25N3O3S/c1-16-13-22(27-20-6-3-2-5-19(16)20)25(11-4-12-26-25)15-31-18-9-7-17(8-10-18)14-21-23(29)28-24(30)32-21/h2-3,5-10,13,21,26H,4,11-12,14-15H2,1H3,(H,28,29,30)/t21?,25-/m0/s1. The third-order valence-electron chi connectivity index (χ3n) is 6.25. The van der Waals surface area contributed by atoms with Crippen molar-refractivity contribution >= 4 is 33.8 Å². The Hall–Kier alpha value is -2.90. The maximum atomic E-state index is 11.8. The summed E-state index contributed by atoms with van der Waals surface area (Å²) in [6, 6.07) is 18.2. The Morgan fingerprint density at radius 3 is 2.69 bits per heavy atom. The number of ether oxygens (including phenoxy) is 1. The summed E-state index contributed by atoms with van der Waals surface area (Å²) in [6.45, 7) is 3.56. The molecule has 2 aromatic carbocycles. The minimum Gasteiger partial charge on any atom is -0.491 e. The average molecular weight is 448 g/mol. The molecule has 2 aliphatic rings. The van der Waals surface area contributed by atoms with Crippen molar-refractivity contribution in [3.05, 3.63) is 71.4 Å². The number of imide groups is 1. The Morgan fingerprint density at radius 2 is 1.97 bits per heavy atom. The van der Waals surface area contributed by atoms with Crippen molar-refractivity contribution in [2.75, 3.05) is 13.2 Å². The summed E-state index contributed by atoms with van der Waals surface area (Å²) in [6.07, 6.45) is 2.57. The molecule has 2 saturated heterocycles. The van der Waals surface area contributed by atoms with E-state index in [-0.39, 0.29) is 21.9 Å². The highest BCUT2D eigenvalue weighted by atomic mass is 32.2. The van der Waals surface area contributed by atoms with Crippen LogP contribution in [0.4, 0.5) is 4.79 Å². The molecular formula is C25H25N3O3S. The molecule has 2 amide bonds. The highest BCUT2D eigenvalue weighted by Gasteiger charge is 2.38. The molecule has 6 nitrogen and oxygen atoms in total. The lowest BCUT2D eigenvalue weighted by Gasteiger charge is -2.29. The number of fused-ring (bicyclic) bond motifs is 1. The molecule has 1 unspecified atom stereocenters. The molecular weight excluding hydrogens is 422 g/mol. The molecule has 0 saturated carbocycles. The monoisotopic (exact) mass is 447 g/mol. The first kappa shape index (κ1) is 21.0. The van der Waals surface area contributed by atoms with Gasteiger partial charge in [-0.1, -0.05) is 42.1 Å². The predicted octanol–water partition coefficient (Wildman–Crippen LogP) is 4.10. The first-order chi connectivity index (χ1) is 15.5. The molecule has 3 aromatic rings. The van der Waals surface area contributed by atoms with Crippen LogP contribution in [-0.2, 0) is 16.8 Å². The highest BCUT2D eigenvalue weighted by molar-refractivity contribution is 8.15. The molecule has 32 heavy (non-hydrogen) atoms. The Labute approximate surface area is 191 Å². The largest absolute Gasteiger partial charge is 0.491 e. The number of nitrogens with one attached hydrogen (secondary N) is 2. The van der Waals surface area contributed by atoms with E-state index in [1.165, 1.54) is 10.9 Å².